The van der Waals surface area contributed by atoms with E-state index in [9.17, 15) is 10.2 Å². The Morgan fingerprint density at radius 1 is 1.00 bits per heavy atom. The van der Waals surface area contributed by atoms with Gasteiger partial charge in [0, 0.05) is 58.5 Å². The molecule has 3 rings (SSSR count). The summed E-state index contributed by atoms with van der Waals surface area (Å²) in [5, 5.41) is 21.8. The molecule has 3 saturated heterocycles. The number of morpholine rings is 1. The summed E-state index contributed by atoms with van der Waals surface area (Å²) in [6, 6.07) is 0.914. The number of rotatable bonds is 8. The van der Waals surface area contributed by atoms with Crippen LogP contribution in [0.2, 0.25) is 0 Å². The molecule has 2 N–H and O–H groups in total. The van der Waals surface area contributed by atoms with Crippen LogP contribution in [0.1, 0.15) is 52.9 Å². The van der Waals surface area contributed by atoms with Crippen LogP contribution in [0.4, 0.5) is 0 Å². The quantitative estimate of drug-likeness (QED) is 0.603. The molecule has 3 aliphatic rings. The molecule has 3 atom stereocenters. The van der Waals surface area contributed by atoms with E-state index in [-0.39, 0.29) is 6.10 Å². The third-order valence-corrected chi connectivity index (χ3v) is 7.43. The zero-order valence-corrected chi connectivity index (χ0v) is 19.7. The Balaban J connectivity index is 1.46. The molecule has 7 heteroatoms. The van der Waals surface area contributed by atoms with Gasteiger partial charge in [-0.15, -0.1) is 0 Å². The average Bonchev–Trinajstić information content (AvgIpc) is 2.68. The van der Waals surface area contributed by atoms with Crippen molar-refractivity contribution in [1.82, 2.24) is 14.7 Å². The van der Waals surface area contributed by atoms with Crippen molar-refractivity contribution in [3.8, 4) is 0 Å². The van der Waals surface area contributed by atoms with E-state index in [1.165, 1.54) is 0 Å². The molecule has 0 aromatic heterocycles. The van der Waals surface area contributed by atoms with Crippen LogP contribution in [-0.4, -0.2) is 120 Å². The summed E-state index contributed by atoms with van der Waals surface area (Å²) in [6.45, 7) is 14.1. The molecule has 176 valence electrons. The number of piperidine rings is 2. The predicted molar refractivity (Wildman–Crippen MR) is 119 cm³/mol. The molecule has 7 nitrogen and oxygen atoms in total. The number of hydrogen-bond acceptors (Lipinski definition) is 7. The molecule has 0 aromatic rings. The van der Waals surface area contributed by atoms with Crippen molar-refractivity contribution in [1.29, 1.82) is 0 Å². The number of hydrogen-bond donors (Lipinski definition) is 2. The summed E-state index contributed by atoms with van der Waals surface area (Å²) < 4.78 is 11.3. The van der Waals surface area contributed by atoms with E-state index in [0.29, 0.717) is 18.7 Å². The van der Waals surface area contributed by atoms with E-state index in [0.717, 1.165) is 84.5 Å². The fourth-order valence-corrected chi connectivity index (χ4v) is 5.52. The van der Waals surface area contributed by atoms with Gasteiger partial charge < -0.3 is 24.6 Å². The zero-order chi connectivity index (χ0) is 21.8. The number of aliphatic hydroxyl groups is 2. The lowest BCUT2D eigenvalue weighted by Gasteiger charge is -2.45. The monoisotopic (exact) mass is 427 g/mol. The minimum atomic E-state index is -0.664. The maximum Gasteiger partial charge on any atom is 0.0904 e. The highest BCUT2D eigenvalue weighted by Gasteiger charge is 2.38. The summed E-state index contributed by atoms with van der Waals surface area (Å²) in [5.41, 5.74) is -1.27. The first kappa shape index (κ1) is 24.4. The van der Waals surface area contributed by atoms with Crippen molar-refractivity contribution in [3.05, 3.63) is 0 Å². The van der Waals surface area contributed by atoms with E-state index in [4.69, 9.17) is 9.47 Å². The normalized spacial score (nSPS) is 33.1. The molecule has 0 aromatic carbocycles. The van der Waals surface area contributed by atoms with Crippen LogP contribution < -0.4 is 0 Å². The zero-order valence-electron chi connectivity index (χ0n) is 19.7. The van der Waals surface area contributed by atoms with Gasteiger partial charge in [0.15, 0.2) is 0 Å². The third kappa shape index (κ3) is 6.61. The number of β-amino-alcohol motifs (C(OH)–C–C–N with tert-alkyl or cyclic N) is 1. The number of ether oxygens (including phenoxy) is 2. The molecule has 0 spiro atoms. The van der Waals surface area contributed by atoms with Crippen LogP contribution in [0.3, 0.4) is 0 Å². The lowest BCUT2D eigenvalue weighted by Crippen LogP contribution is -2.58. The van der Waals surface area contributed by atoms with E-state index in [2.05, 4.69) is 35.5 Å². The van der Waals surface area contributed by atoms with Gasteiger partial charge in [0.25, 0.3) is 0 Å². The Hall–Kier alpha value is -0.280. The second-order valence-corrected chi connectivity index (χ2v) is 10.4. The Kier molecular flexibility index (Phi) is 8.57. The largest absolute Gasteiger partial charge is 0.387 e. The molecule has 0 radical (unpaired) electrons. The van der Waals surface area contributed by atoms with Crippen LogP contribution >= 0.6 is 0 Å². The van der Waals surface area contributed by atoms with Crippen LogP contribution in [0.15, 0.2) is 0 Å². The van der Waals surface area contributed by atoms with Gasteiger partial charge in [0.1, 0.15) is 0 Å². The van der Waals surface area contributed by atoms with Crippen LogP contribution in [0.25, 0.3) is 0 Å². The summed E-state index contributed by atoms with van der Waals surface area (Å²) in [4.78, 5) is 7.30. The molecule has 0 aliphatic carbocycles. The van der Waals surface area contributed by atoms with E-state index < -0.39 is 11.2 Å². The van der Waals surface area contributed by atoms with Gasteiger partial charge in [-0.25, -0.2) is 0 Å². The molecule has 0 bridgehead atoms. The molecule has 3 aliphatic heterocycles. The Bertz CT molecular complexity index is 527. The number of likely N-dealkylation sites (tertiary alicyclic amines) is 2. The molecular formula is C23H45N3O4. The summed E-state index contributed by atoms with van der Waals surface area (Å²) >= 11 is 0. The van der Waals surface area contributed by atoms with Crippen molar-refractivity contribution < 1.29 is 19.7 Å². The van der Waals surface area contributed by atoms with Crippen molar-refractivity contribution in [2.24, 2.45) is 0 Å². The van der Waals surface area contributed by atoms with Gasteiger partial charge in [0.05, 0.1) is 30.5 Å². The van der Waals surface area contributed by atoms with Gasteiger partial charge in [-0.05, 0) is 59.4 Å². The third-order valence-electron chi connectivity index (χ3n) is 7.43. The Morgan fingerprint density at radius 2 is 1.73 bits per heavy atom. The SMILES string of the molecule is COCC1(O)CCN(C(C)CC2CN(C[C@]3(O)CCCN(C(C)C)C3)CCO2)CC1. The average molecular weight is 428 g/mol. The first-order valence-electron chi connectivity index (χ1n) is 12.0. The highest BCUT2D eigenvalue weighted by Crippen LogP contribution is 2.27. The molecule has 0 amide bonds. The first-order valence-corrected chi connectivity index (χ1v) is 12.0. The lowest BCUT2D eigenvalue weighted by atomic mass is 9.90. The van der Waals surface area contributed by atoms with E-state index in [1.807, 2.05) is 0 Å². The fraction of sp³-hybridized carbons (Fsp3) is 1.00. The van der Waals surface area contributed by atoms with Gasteiger partial charge in [-0.3, -0.25) is 9.80 Å². The fourth-order valence-electron chi connectivity index (χ4n) is 5.52. The van der Waals surface area contributed by atoms with Crippen LogP contribution in [-0.2, 0) is 9.47 Å². The Labute approximate surface area is 183 Å². The predicted octanol–water partition coefficient (Wildman–Crippen LogP) is 1.17. The number of methoxy groups -OCH3 is 1. The summed E-state index contributed by atoms with van der Waals surface area (Å²) in [5.74, 6) is 0. The van der Waals surface area contributed by atoms with Crippen molar-refractivity contribution >= 4 is 0 Å². The molecule has 2 unspecified atom stereocenters. The van der Waals surface area contributed by atoms with Crippen molar-refractivity contribution in [3.63, 3.8) is 0 Å². The van der Waals surface area contributed by atoms with Crippen molar-refractivity contribution in [2.75, 3.05) is 66.1 Å². The molecule has 3 heterocycles. The van der Waals surface area contributed by atoms with Gasteiger partial charge in [-0.1, -0.05) is 0 Å². The highest BCUT2D eigenvalue weighted by molar-refractivity contribution is 4.93. The minimum absolute atomic E-state index is 0.210. The number of nitrogens with zero attached hydrogens (tertiary/aromatic N) is 3. The maximum atomic E-state index is 11.2. The highest BCUT2D eigenvalue weighted by atomic mass is 16.5. The molecule has 3 fully saturated rings. The van der Waals surface area contributed by atoms with Crippen LogP contribution in [0, 0.1) is 0 Å². The smallest absolute Gasteiger partial charge is 0.0904 e. The van der Waals surface area contributed by atoms with Gasteiger partial charge in [0.2, 0.25) is 0 Å². The molecular weight excluding hydrogens is 382 g/mol. The first-order chi connectivity index (χ1) is 14.2. The van der Waals surface area contributed by atoms with E-state index in [1.54, 1.807) is 7.11 Å². The van der Waals surface area contributed by atoms with Gasteiger partial charge >= 0.3 is 0 Å². The van der Waals surface area contributed by atoms with Crippen LogP contribution in [0.5, 0.6) is 0 Å². The Morgan fingerprint density at radius 3 is 2.40 bits per heavy atom. The second kappa shape index (κ2) is 10.6. The van der Waals surface area contributed by atoms with Crippen molar-refractivity contribution in [2.45, 2.75) is 82.3 Å². The van der Waals surface area contributed by atoms with Gasteiger partial charge in [-0.2, -0.15) is 0 Å². The summed E-state index contributed by atoms with van der Waals surface area (Å²) in [7, 11) is 1.66. The standard InChI is InChI=1S/C23H45N3O4/c1-19(2)26-9-5-6-23(28,17-26)16-24-12-13-30-21(15-24)14-20(3)25-10-7-22(27,8-11-25)18-29-4/h19-21,27-28H,5-18H2,1-4H3/t20?,21?,23-/m1/s1. The summed E-state index contributed by atoms with van der Waals surface area (Å²) in [6.07, 6.45) is 4.71. The molecule has 0 saturated carbocycles. The van der Waals surface area contributed by atoms with E-state index >= 15 is 0 Å². The minimum Gasteiger partial charge on any atom is -0.387 e. The molecule has 30 heavy (non-hydrogen) atoms. The topological polar surface area (TPSA) is 68.6 Å². The second-order valence-electron chi connectivity index (χ2n) is 10.4. The lowest BCUT2D eigenvalue weighted by molar-refractivity contribution is -0.0997. The maximum absolute atomic E-state index is 11.2.